The van der Waals surface area contributed by atoms with Gasteiger partial charge >= 0.3 is 0 Å². The molecule has 0 atom stereocenters. The number of rotatable bonds is 4. The minimum atomic E-state index is -1.30. The highest BCUT2D eigenvalue weighted by atomic mass is 79.9. The van der Waals surface area contributed by atoms with Crippen molar-refractivity contribution in [3.8, 4) is 0 Å². The minimum Gasteiger partial charge on any atom is -0.369 e. The van der Waals surface area contributed by atoms with Gasteiger partial charge in [0.1, 0.15) is 5.82 Å². The molecular weight excluding hydrogens is 409 g/mol. The molecule has 0 fully saturated rings. The van der Waals surface area contributed by atoms with Gasteiger partial charge in [0.05, 0.1) is 5.71 Å². The van der Waals surface area contributed by atoms with E-state index in [1.165, 1.54) is 6.07 Å². The van der Waals surface area contributed by atoms with Crippen LogP contribution in [0, 0.1) is 17.5 Å². The second-order valence-electron chi connectivity index (χ2n) is 4.69. The van der Waals surface area contributed by atoms with Crippen molar-refractivity contribution >= 4 is 39.2 Å². The summed E-state index contributed by atoms with van der Waals surface area (Å²) >= 11 is 9.24. The highest BCUT2D eigenvalue weighted by Gasteiger charge is 2.18. The fraction of sp³-hybridized carbons (Fsp3) is 0.0667. The molecule has 4 nitrogen and oxygen atoms in total. The van der Waals surface area contributed by atoms with Crippen LogP contribution in [0.25, 0.3) is 0 Å². The molecule has 2 aromatic rings. The molecule has 0 aliphatic rings. The Balaban J connectivity index is 2.57. The summed E-state index contributed by atoms with van der Waals surface area (Å²) in [4.78, 5) is 0. The van der Waals surface area contributed by atoms with Crippen molar-refractivity contribution in [1.29, 1.82) is 0 Å². The Kier molecular flexibility index (Phi) is 5.84. The van der Waals surface area contributed by atoms with E-state index in [0.29, 0.717) is 21.1 Å². The molecule has 9 heteroatoms. The summed E-state index contributed by atoms with van der Waals surface area (Å²) in [6, 6.07) is 6.29. The average molecular weight is 420 g/mol. The maximum Gasteiger partial charge on any atom is 0.211 e. The molecule has 0 amide bonds. The predicted molar refractivity (Wildman–Crippen MR) is 91.5 cm³/mol. The highest BCUT2D eigenvalue weighted by molar-refractivity contribution is 9.10. The fourth-order valence-electron chi connectivity index (χ4n) is 1.92. The largest absolute Gasteiger partial charge is 0.369 e. The van der Waals surface area contributed by atoms with Crippen molar-refractivity contribution in [3.63, 3.8) is 0 Å². The maximum absolute atomic E-state index is 13.9. The van der Waals surface area contributed by atoms with Crippen LogP contribution in [0.4, 0.5) is 13.2 Å². The number of hydrogen-bond donors (Lipinski definition) is 2. The van der Waals surface area contributed by atoms with Gasteiger partial charge in [-0.15, -0.1) is 5.10 Å². The molecule has 24 heavy (non-hydrogen) atoms. The smallest absolute Gasteiger partial charge is 0.211 e. The SMILES string of the molecule is NC(N)=N/N=C(\Cc1c(F)ccc(F)c1F)c1cc(Cl)ccc1Br. The molecule has 0 unspecified atom stereocenters. The monoisotopic (exact) mass is 418 g/mol. The number of halogens is 5. The van der Waals surface area contributed by atoms with E-state index in [0.717, 1.165) is 6.07 Å². The number of nitrogens with zero attached hydrogens (tertiary/aromatic N) is 2. The van der Waals surface area contributed by atoms with E-state index in [9.17, 15) is 13.2 Å². The van der Waals surface area contributed by atoms with Crippen LogP contribution in [0.1, 0.15) is 11.1 Å². The Bertz CT molecular complexity index is 836. The first-order valence-electron chi connectivity index (χ1n) is 6.53. The lowest BCUT2D eigenvalue weighted by atomic mass is 10.0. The molecule has 0 spiro atoms. The molecule has 0 radical (unpaired) electrons. The summed E-state index contributed by atoms with van der Waals surface area (Å²) in [6.07, 6.45) is -0.384. The quantitative estimate of drug-likeness (QED) is 0.343. The molecule has 0 saturated carbocycles. The van der Waals surface area contributed by atoms with Crippen molar-refractivity contribution in [3.05, 3.63) is 68.4 Å². The second kappa shape index (κ2) is 7.67. The van der Waals surface area contributed by atoms with Crippen LogP contribution in [0.5, 0.6) is 0 Å². The van der Waals surface area contributed by atoms with Gasteiger partial charge in [0.2, 0.25) is 5.96 Å². The zero-order chi connectivity index (χ0) is 17.9. The highest BCUT2D eigenvalue weighted by Crippen LogP contribution is 2.25. The molecule has 2 aromatic carbocycles. The first-order valence-corrected chi connectivity index (χ1v) is 7.70. The van der Waals surface area contributed by atoms with Crippen molar-refractivity contribution in [1.82, 2.24) is 0 Å². The molecule has 0 aliphatic heterocycles. The van der Waals surface area contributed by atoms with Gasteiger partial charge in [-0.3, -0.25) is 0 Å². The van der Waals surface area contributed by atoms with Crippen LogP contribution < -0.4 is 11.5 Å². The molecule has 0 saturated heterocycles. The van der Waals surface area contributed by atoms with Crippen LogP contribution in [0.15, 0.2) is 45.0 Å². The van der Waals surface area contributed by atoms with E-state index in [1.807, 2.05) is 0 Å². The number of nitrogens with two attached hydrogens (primary N) is 2. The van der Waals surface area contributed by atoms with Gasteiger partial charge in [0.25, 0.3) is 0 Å². The summed E-state index contributed by atoms with van der Waals surface area (Å²) in [7, 11) is 0. The van der Waals surface area contributed by atoms with Crippen molar-refractivity contribution in [2.75, 3.05) is 0 Å². The van der Waals surface area contributed by atoms with E-state index in [4.69, 9.17) is 23.1 Å². The van der Waals surface area contributed by atoms with E-state index >= 15 is 0 Å². The van der Waals surface area contributed by atoms with E-state index < -0.39 is 23.0 Å². The zero-order valence-electron chi connectivity index (χ0n) is 12.0. The number of guanidine groups is 1. The van der Waals surface area contributed by atoms with E-state index in [-0.39, 0.29) is 18.1 Å². The first-order chi connectivity index (χ1) is 11.3. The Hall–Kier alpha value is -2.06. The van der Waals surface area contributed by atoms with Gasteiger partial charge in [-0.25, -0.2) is 13.2 Å². The zero-order valence-corrected chi connectivity index (χ0v) is 14.4. The van der Waals surface area contributed by atoms with Crippen LogP contribution in [-0.2, 0) is 6.42 Å². The maximum atomic E-state index is 13.9. The van der Waals surface area contributed by atoms with Crippen LogP contribution in [0.2, 0.25) is 5.02 Å². The van der Waals surface area contributed by atoms with E-state index in [1.54, 1.807) is 12.1 Å². The standard InChI is InChI=1S/C15H11BrClF3N4/c16-10-2-1-7(17)5-8(10)13(23-24-15(21)22)6-9-11(18)3-4-12(19)14(9)20/h1-5H,6H2,(H4,21,22,24)/b23-13+. The van der Waals surface area contributed by atoms with Gasteiger partial charge in [-0.1, -0.05) is 27.5 Å². The third kappa shape index (κ3) is 4.27. The number of hydrogen-bond acceptors (Lipinski definition) is 2. The summed E-state index contributed by atoms with van der Waals surface area (Å²) in [5, 5.41) is 7.69. The third-order valence-electron chi connectivity index (χ3n) is 3.01. The lowest BCUT2D eigenvalue weighted by Crippen LogP contribution is -2.22. The first kappa shape index (κ1) is 18.3. The molecule has 0 aliphatic carbocycles. The van der Waals surface area contributed by atoms with Crippen LogP contribution in [0.3, 0.4) is 0 Å². The van der Waals surface area contributed by atoms with Crippen LogP contribution >= 0.6 is 27.5 Å². The van der Waals surface area contributed by atoms with Gasteiger partial charge in [0, 0.05) is 27.0 Å². The van der Waals surface area contributed by atoms with Crippen molar-refractivity contribution in [2.24, 2.45) is 21.7 Å². The molecular formula is C15H11BrClF3N4. The molecule has 2 rings (SSSR count). The van der Waals surface area contributed by atoms with Gasteiger partial charge in [-0.05, 0) is 30.3 Å². The molecule has 0 bridgehead atoms. The van der Waals surface area contributed by atoms with Crippen molar-refractivity contribution in [2.45, 2.75) is 6.42 Å². The Morgan fingerprint density at radius 2 is 1.71 bits per heavy atom. The Morgan fingerprint density at radius 1 is 1.04 bits per heavy atom. The molecule has 0 aromatic heterocycles. The Labute approximate surface area is 149 Å². The van der Waals surface area contributed by atoms with Crippen LogP contribution in [-0.4, -0.2) is 11.7 Å². The lowest BCUT2D eigenvalue weighted by molar-refractivity contribution is 0.484. The third-order valence-corrected chi connectivity index (χ3v) is 3.94. The molecule has 0 heterocycles. The van der Waals surface area contributed by atoms with Crippen molar-refractivity contribution < 1.29 is 13.2 Å². The average Bonchev–Trinajstić information content (AvgIpc) is 2.53. The molecule has 126 valence electrons. The second-order valence-corrected chi connectivity index (χ2v) is 5.99. The lowest BCUT2D eigenvalue weighted by Gasteiger charge is -2.10. The number of benzene rings is 2. The predicted octanol–water partition coefficient (Wildman–Crippen LogP) is 3.74. The fourth-order valence-corrected chi connectivity index (χ4v) is 2.57. The Morgan fingerprint density at radius 3 is 2.38 bits per heavy atom. The summed E-state index contributed by atoms with van der Waals surface area (Å²) in [5.41, 5.74) is 10.5. The summed E-state index contributed by atoms with van der Waals surface area (Å²) in [6.45, 7) is 0. The van der Waals surface area contributed by atoms with Gasteiger partial charge in [0.15, 0.2) is 11.6 Å². The van der Waals surface area contributed by atoms with Gasteiger partial charge in [-0.2, -0.15) is 5.10 Å². The molecule has 4 N–H and O–H groups in total. The minimum absolute atomic E-state index is 0.0983. The summed E-state index contributed by atoms with van der Waals surface area (Å²) < 4.78 is 41.8. The van der Waals surface area contributed by atoms with E-state index in [2.05, 4.69) is 26.1 Å². The van der Waals surface area contributed by atoms with Gasteiger partial charge < -0.3 is 11.5 Å². The topological polar surface area (TPSA) is 76.8 Å². The normalized spacial score (nSPS) is 11.5. The summed E-state index contributed by atoms with van der Waals surface area (Å²) in [5.74, 6) is -3.72.